The summed E-state index contributed by atoms with van der Waals surface area (Å²) >= 11 is 5.38. The monoisotopic (exact) mass is 314 g/mol. The van der Waals surface area contributed by atoms with Crippen LogP contribution in [0.5, 0.6) is 11.5 Å². The van der Waals surface area contributed by atoms with Gasteiger partial charge in [-0.3, -0.25) is 0 Å². The second kappa shape index (κ2) is 6.23. The van der Waals surface area contributed by atoms with Gasteiger partial charge >= 0.3 is 0 Å². The first-order valence-corrected chi connectivity index (χ1v) is 7.58. The number of thiocarbonyl (C=S) groups is 1. The van der Waals surface area contributed by atoms with Gasteiger partial charge in [-0.15, -0.1) is 0 Å². The normalized spacial score (nSPS) is 12.6. The van der Waals surface area contributed by atoms with Crippen LogP contribution < -0.4 is 20.1 Å². The van der Waals surface area contributed by atoms with Gasteiger partial charge in [0.15, 0.2) is 16.6 Å². The van der Waals surface area contributed by atoms with Gasteiger partial charge in [-0.25, -0.2) is 0 Å². The molecule has 0 radical (unpaired) electrons. The van der Waals surface area contributed by atoms with E-state index in [2.05, 4.69) is 30.5 Å². The van der Waals surface area contributed by atoms with E-state index < -0.39 is 0 Å². The smallest absolute Gasteiger partial charge is 0.175 e. The number of aryl methyl sites for hydroxylation is 1. The molecule has 5 heteroatoms. The highest BCUT2D eigenvalue weighted by molar-refractivity contribution is 7.80. The molecule has 4 nitrogen and oxygen atoms in total. The van der Waals surface area contributed by atoms with Gasteiger partial charge in [0.25, 0.3) is 0 Å². The molecular formula is C17H18N2O2S. The van der Waals surface area contributed by atoms with E-state index in [1.54, 1.807) is 0 Å². The van der Waals surface area contributed by atoms with E-state index in [0.717, 1.165) is 22.9 Å². The molecule has 0 fully saturated rings. The van der Waals surface area contributed by atoms with E-state index in [4.69, 9.17) is 21.7 Å². The van der Waals surface area contributed by atoms with Crippen molar-refractivity contribution in [2.24, 2.45) is 0 Å². The van der Waals surface area contributed by atoms with Crippen LogP contribution >= 0.6 is 12.2 Å². The number of rotatable bonds is 2. The largest absolute Gasteiger partial charge is 0.486 e. The quantitative estimate of drug-likeness (QED) is 0.823. The van der Waals surface area contributed by atoms with E-state index in [9.17, 15) is 0 Å². The lowest BCUT2D eigenvalue weighted by Crippen LogP contribution is -2.20. The Morgan fingerprint density at radius 1 is 1.00 bits per heavy atom. The molecule has 1 heterocycles. The molecule has 1 aliphatic rings. The first-order valence-electron chi connectivity index (χ1n) is 7.17. The lowest BCUT2D eigenvalue weighted by molar-refractivity contribution is 0.171. The zero-order valence-corrected chi connectivity index (χ0v) is 13.4. The third kappa shape index (κ3) is 3.14. The van der Waals surface area contributed by atoms with E-state index in [1.165, 1.54) is 11.1 Å². The zero-order chi connectivity index (χ0) is 15.5. The molecule has 2 N–H and O–H groups in total. The minimum Gasteiger partial charge on any atom is -0.486 e. The van der Waals surface area contributed by atoms with Gasteiger partial charge < -0.3 is 20.1 Å². The lowest BCUT2D eigenvalue weighted by atomic mass is 10.1. The molecule has 0 spiro atoms. The predicted molar refractivity (Wildman–Crippen MR) is 93.2 cm³/mol. The fraction of sp³-hybridized carbons (Fsp3) is 0.235. The Kier molecular flexibility index (Phi) is 4.15. The molecule has 2 aromatic rings. The molecule has 22 heavy (non-hydrogen) atoms. The van der Waals surface area contributed by atoms with E-state index in [-0.39, 0.29) is 0 Å². The number of ether oxygens (including phenoxy) is 2. The number of hydrogen-bond acceptors (Lipinski definition) is 3. The van der Waals surface area contributed by atoms with Crippen LogP contribution in [0.3, 0.4) is 0 Å². The van der Waals surface area contributed by atoms with E-state index >= 15 is 0 Å². The maximum absolute atomic E-state index is 5.57. The number of nitrogens with one attached hydrogen (secondary N) is 2. The van der Waals surface area contributed by atoms with Crippen molar-refractivity contribution in [1.29, 1.82) is 0 Å². The summed E-state index contributed by atoms with van der Waals surface area (Å²) < 4.78 is 11.1. The maximum atomic E-state index is 5.57. The molecule has 0 aromatic heterocycles. The lowest BCUT2D eigenvalue weighted by Gasteiger charge is -2.19. The molecule has 0 bridgehead atoms. The summed E-state index contributed by atoms with van der Waals surface area (Å²) in [6.07, 6.45) is 0. The van der Waals surface area contributed by atoms with Gasteiger partial charge in [-0.05, 0) is 55.4 Å². The van der Waals surface area contributed by atoms with Crippen LogP contribution in [0.2, 0.25) is 0 Å². The average Bonchev–Trinajstić information content (AvgIpc) is 2.52. The third-order valence-electron chi connectivity index (χ3n) is 3.65. The van der Waals surface area contributed by atoms with Crippen LogP contribution in [0, 0.1) is 13.8 Å². The molecule has 1 aliphatic heterocycles. The van der Waals surface area contributed by atoms with Gasteiger partial charge in [-0.1, -0.05) is 12.1 Å². The fourth-order valence-electron chi connectivity index (χ4n) is 2.29. The van der Waals surface area contributed by atoms with Gasteiger partial charge in [-0.2, -0.15) is 0 Å². The molecule has 0 aliphatic carbocycles. The molecule has 2 aromatic carbocycles. The highest BCUT2D eigenvalue weighted by Crippen LogP contribution is 2.32. The van der Waals surface area contributed by atoms with Crippen molar-refractivity contribution in [2.45, 2.75) is 13.8 Å². The Balaban J connectivity index is 1.70. The Morgan fingerprint density at radius 2 is 1.77 bits per heavy atom. The van der Waals surface area contributed by atoms with Crippen molar-refractivity contribution in [1.82, 2.24) is 0 Å². The number of benzene rings is 2. The van der Waals surface area contributed by atoms with Crippen molar-refractivity contribution in [3.05, 3.63) is 47.5 Å². The van der Waals surface area contributed by atoms with E-state index in [1.807, 2.05) is 30.3 Å². The molecule has 114 valence electrons. The number of hydrogen-bond donors (Lipinski definition) is 2. The Bertz CT molecular complexity index is 716. The highest BCUT2D eigenvalue weighted by atomic mass is 32.1. The summed E-state index contributed by atoms with van der Waals surface area (Å²) in [4.78, 5) is 0. The molecule has 3 rings (SSSR count). The van der Waals surface area contributed by atoms with E-state index in [0.29, 0.717) is 18.3 Å². The zero-order valence-electron chi connectivity index (χ0n) is 12.6. The Labute approximate surface area is 135 Å². The van der Waals surface area contributed by atoms with Crippen molar-refractivity contribution >= 4 is 28.7 Å². The second-order valence-corrected chi connectivity index (χ2v) is 5.59. The molecular weight excluding hydrogens is 296 g/mol. The van der Waals surface area contributed by atoms with Crippen molar-refractivity contribution in [3.63, 3.8) is 0 Å². The van der Waals surface area contributed by atoms with Crippen molar-refractivity contribution < 1.29 is 9.47 Å². The van der Waals surface area contributed by atoms with Crippen molar-refractivity contribution in [2.75, 3.05) is 23.8 Å². The van der Waals surface area contributed by atoms with Gasteiger partial charge in [0.2, 0.25) is 0 Å². The first-order chi connectivity index (χ1) is 10.6. The van der Waals surface area contributed by atoms with Crippen LogP contribution in [-0.4, -0.2) is 18.3 Å². The summed E-state index contributed by atoms with van der Waals surface area (Å²) in [5, 5.41) is 6.95. The summed E-state index contributed by atoms with van der Waals surface area (Å²) in [7, 11) is 0. The fourth-order valence-corrected chi connectivity index (χ4v) is 2.52. The topological polar surface area (TPSA) is 42.5 Å². The van der Waals surface area contributed by atoms with Gasteiger partial charge in [0, 0.05) is 17.4 Å². The molecule has 0 saturated heterocycles. The second-order valence-electron chi connectivity index (χ2n) is 5.19. The number of fused-ring (bicyclic) bond motifs is 1. The van der Waals surface area contributed by atoms with Crippen LogP contribution in [-0.2, 0) is 0 Å². The number of anilines is 2. The molecule has 0 saturated carbocycles. The van der Waals surface area contributed by atoms with Crippen LogP contribution in [0.25, 0.3) is 0 Å². The highest BCUT2D eigenvalue weighted by Gasteiger charge is 2.12. The van der Waals surface area contributed by atoms with Crippen LogP contribution in [0.15, 0.2) is 36.4 Å². The summed E-state index contributed by atoms with van der Waals surface area (Å²) in [5.74, 6) is 1.51. The maximum Gasteiger partial charge on any atom is 0.175 e. The third-order valence-corrected chi connectivity index (χ3v) is 3.86. The van der Waals surface area contributed by atoms with Crippen LogP contribution in [0.4, 0.5) is 11.4 Å². The van der Waals surface area contributed by atoms with Crippen LogP contribution in [0.1, 0.15) is 11.1 Å². The molecule has 0 atom stereocenters. The Morgan fingerprint density at radius 3 is 2.59 bits per heavy atom. The van der Waals surface area contributed by atoms with Gasteiger partial charge in [0.1, 0.15) is 13.2 Å². The SMILES string of the molecule is Cc1cccc(NC(=S)Nc2ccc3c(c2)OCCO3)c1C. The predicted octanol–water partition coefficient (Wildman–Crippen LogP) is 3.88. The summed E-state index contributed by atoms with van der Waals surface area (Å²) in [5.41, 5.74) is 4.29. The Hall–Kier alpha value is -2.27. The first kappa shape index (κ1) is 14.7. The standard InChI is InChI=1S/C17H18N2O2S/c1-11-4-3-5-14(12(11)2)19-17(22)18-13-6-7-15-16(10-13)21-9-8-20-15/h3-7,10H,8-9H2,1-2H3,(H2,18,19,22). The minimum absolute atomic E-state index is 0.547. The average molecular weight is 314 g/mol. The summed E-state index contributed by atoms with van der Waals surface area (Å²) in [6.45, 7) is 5.32. The van der Waals surface area contributed by atoms with Crippen molar-refractivity contribution in [3.8, 4) is 11.5 Å². The molecule has 0 unspecified atom stereocenters. The molecule has 0 amide bonds. The summed E-state index contributed by atoms with van der Waals surface area (Å²) in [6, 6.07) is 11.8. The minimum atomic E-state index is 0.547. The van der Waals surface area contributed by atoms with Gasteiger partial charge in [0.05, 0.1) is 0 Å².